The maximum absolute atomic E-state index is 10.4. The molecule has 3 heteroatoms. The SMILES string of the molecule is CN1[C-]=CS(=O)C1. The topological polar surface area (TPSA) is 20.3 Å². The van der Waals surface area contributed by atoms with E-state index in [4.69, 9.17) is 0 Å². The van der Waals surface area contributed by atoms with Gasteiger partial charge in [-0.25, -0.2) is 0 Å². The standard InChI is InChI=1S/C4H6NOS/c1-5-2-3-7(6)4-5/h3H,4H2,1H3/q-1. The molecule has 0 aromatic carbocycles. The van der Waals surface area contributed by atoms with Gasteiger partial charge in [0, 0.05) is 10.8 Å². The zero-order chi connectivity index (χ0) is 5.28. The van der Waals surface area contributed by atoms with E-state index in [1.165, 1.54) is 0 Å². The molecular formula is C4H6NOS-. The second-order valence-electron chi connectivity index (χ2n) is 1.45. The molecule has 0 fully saturated rings. The number of nitrogens with zero attached hydrogens (tertiary/aromatic N) is 1. The fraction of sp³-hybridized carbons (Fsp3) is 0.500. The van der Waals surface area contributed by atoms with E-state index in [2.05, 4.69) is 6.20 Å². The summed E-state index contributed by atoms with van der Waals surface area (Å²) >= 11 is 0. The van der Waals surface area contributed by atoms with Gasteiger partial charge in [0.25, 0.3) is 0 Å². The average molecular weight is 116 g/mol. The van der Waals surface area contributed by atoms with Crippen LogP contribution in [0.15, 0.2) is 5.41 Å². The van der Waals surface area contributed by atoms with Gasteiger partial charge in [-0.1, -0.05) is 0 Å². The Labute approximate surface area is 45.3 Å². The van der Waals surface area contributed by atoms with E-state index >= 15 is 0 Å². The van der Waals surface area contributed by atoms with Gasteiger partial charge in [-0.15, -0.1) is 0 Å². The summed E-state index contributed by atoms with van der Waals surface area (Å²) in [5.41, 5.74) is 0. The first-order chi connectivity index (χ1) is 3.29. The molecule has 0 N–H and O–H groups in total. The van der Waals surface area contributed by atoms with Crippen LogP contribution in [0.25, 0.3) is 0 Å². The Morgan fingerprint density at radius 2 is 2.71 bits per heavy atom. The Kier molecular flexibility index (Phi) is 1.15. The highest BCUT2D eigenvalue weighted by atomic mass is 32.2. The predicted octanol–water partition coefficient (Wildman–Crippen LogP) is -0.0876. The van der Waals surface area contributed by atoms with Crippen molar-refractivity contribution in [1.29, 1.82) is 0 Å². The third-order valence-corrected chi connectivity index (χ3v) is 1.74. The molecule has 40 valence electrons. The molecule has 0 aromatic rings. The molecule has 0 radical (unpaired) electrons. The summed E-state index contributed by atoms with van der Waals surface area (Å²) in [6, 6.07) is 0. The van der Waals surface area contributed by atoms with Crippen molar-refractivity contribution in [3.63, 3.8) is 0 Å². The van der Waals surface area contributed by atoms with E-state index < -0.39 is 10.8 Å². The molecule has 1 atom stereocenters. The molecule has 1 aliphatic heterocycles. The fourth-order valence-electron chi connectivity index (χ4n) is 0.414. The summed E-state index contributed by atoms with van der Waals surface area (Å²) in [6.45, 7) is 0. The summed E-state index contributed by atoms with van der Waals surface area (Å²) in [6.07, 6.45) is 2.78. The van der Waals surface area contributed by atoms with Crippen molar-refractivity contribution in [1.82, 2.24) is 4.90 Å². The summed E-state index contributed by atoms with van der Waals surface area (Å²) in [5, 5.41) is 1.57. The van der Waals surface area contributed by atoms with Gasteiger partial charge in [-0.05, 0) is 7.05 Å². The highest BCUT2D eigenvalue weighted by Gasteiger charge is 1.91. The third kappa shape index (κ3) is 1.03. The Morgan fingerprint density at radius 1 is 2.00 bits per heavy atom. The van der Waals surface area contributed by atoms with Crippen molar-refractivity contribution in [3.8, 4) is 0 Å². The molecule has 0 amide bonds. The smallest absolute Gasteiger partial charge is 0.0646 e. The van der Waals surface area contributed by atoms with Crippen LogP contribution in [0.4, 0.5) is 0 Å². The number of hydrogen-bond donors (Lipinski definition) is 0. The lowest BCUT2D eigenvalue weighted by molar-refractivity contribution is 0.522. The van der Waals surface area contributed by atoms with E-state index in [0.29, 0.717) is 5.88 Å². The van der Waals surface area contributed by atoms with Crippen molar-refractivity contribution in [2.75, 3.05) is 12.9 Å². The van der Waals surface area contributed by atoms with Crippen molar-refractivity contribution in [2.24, 2.45) is 0 Å². The van der Waals surface area contributed by atoms with Crippen LogP contribution in [0.3, 0.4) is 0 Å². The Bertz CT molecular complexity index is 121. The highest BCUT2D eigenvalue weighted by molar-refractivity contribution is 7.88. The minimum absolute atomic E-state index is 0.611. The maximum Gasteiger partial charge on any atom is 0.0646 e. The molecule has 0 bridgehead atoms. The minimum Gasteiger partial charge on any atom is -0.546 e. The van der Waals surface area contributed by atoms with Gasteiger partial charge in [0.15, 0.2) is 0 Å². The molecule has 0 saturated carbocycles. The predicted molar refractivity (Wildman–Crippen MR) is 28.6 cm³/mol. The largest absolute Gasteiger partial charge is 0.546 e. The first-order valence-corrected chi connectivity index (χ1v) is 3.35. The first kappa shape index (κ1) is 4.84. The Morgan fingerprint density at radius 3 is 2.86 bits per heavy atom. The fourth-order valence-corrected chi connectivity index (χ4v) is 1.24. The lowest BCUT2D eigenvalue weighted by Crippen LogP contribution is -2.08. The van der Waals surface area contributed by atoms with Crippen molar-refractivity contribution in [3.05, 3.63) is 11.6 Å². The molecule has 1 aliphatic rings. The van der Waals surface area contributed by atoms with Gasteiger partial charge in [-0.3, -0.25) is 4.21 Å². The van der Waals surface area contributed by atoms with Gasteiger partial charge in [0.05, 0.1) is 5.88 Å². The molecule has 7 heavy (non-hydrogen) atoms. The minimum atomic E-state index is -0.763. The zero-order valence-electron chi connectivity index (χ0n) is 4.05. The van der Waals surface area contributed by atoms with Crippen molar-refractivity contribution >= 4 is 10.8 Å². The van der Waals surface area contributed by atoms with E-state index in [0.717, 1.165) is 0 Å². The molecule has 2 nitrogen and oxygen atoms in total. The molecule has 1 unspecified atom stereocenters. The van der Waals surface area contributed by atoms with Crippen LogP contribution in [0.5, 0.6) is 0 Å². The van der Waals surface area contributed by atoms with Crippen LogP contribution >= 0.6 is 0 Å². The first-order valence-electron chi connectivity index (χ1n) is 1.97. The highest BCUT2D eigenvalue weighted by Crippen LogP contribution is 1.97. The molecule has 0 saturated heterocycles. The van der Waals surface area contributed by atoms with Gasteiger partial charge >= 0.3 is 0 Å². The van der Waals surface area contributed by atoms with Crippen molar-refractivity contribution < 1.29 is 4.21 Å². The second kappa shape index (κ2) is 1.66. The van der Waals surface area contributed by atoms with Crippen LogP contribution in [0.2, 0.25) is 0 Å². The Hall–Kier alpha value is -0.310. The molecule has 1 heterocycles. The molecule has 0 aromatic heterocycles. The quantitative estimate of drug-likeness (QED) is 0.412. The number of rotatable bonds is 0. The van der Waals surface area contributed by atoms with Crippen molar-refractivity contribution in [2.45, 2.75) is 0 Å². The van der Waals surface area contributed by atoms with Gasteiger partial charge in [0.1, 0.15) is 0 Å². The molecule has 1 rings (SSSR count). The third-order valence-electron chi connectivity index (χ3n) is 0.725. The summed E-state index contributed by atoms with van der Waals surface area (Å²) < 4.78 is 10.4. The van der Waals surface area contributed by atoms with Gasteiger partial charge < -0.3 is 11.1 Å². The normalized spacial score (nSPS) is 29.3. The molecule has 0 aliphatic carbocycles. The van der Waals surface area contributed by atoms with Crippen LogP contribution in [-0.2, 0) is 10.8 Å². The molecule has 0 spiro atoms. The summed E-state index contributed by atoms with van der Waals surface area (Å²) in [5.74, 6) is 0.611. The monoisotopic (exact) mass is 116 g/mol. The second-order valence-corrected chi connectivity index (χ2v) is 2.71. The zero-order valence-corrected chi connectivity index (χ0v) is 4.86. The average Bonchev–Trinajstić information content (AvgIpc) is 1.87. The summed E-state index contributed by atoms with van der Waals surface area (Å²) in [4.78, 5) is 1.77. The lowest BCUT2D eigenvalue weighted by Gasteiger charge is -2.17. The van der Waals surface area contributed by atoms with E-state index in [-0.39, 0.29) is 0 Å². The van der Waals surface area contributed by atoms with Crippen LogP contribution in [0.1, 0.15) is 0 Å². The molecular weight excluding hydrogens is 110 g/mol. The van der Waals surface area contributed by atoms with E-state index in [1.54, 1.807) is 10.3 Å². The maximum atomic E-state index is 10.4. The van der Waals surface area contributed by atoms with E-state index in [1.807, 2.05) is 7.05 Å². The van der Waals surface area contributed by atoms with Gasteiger partial charge in [0.2, 0.25) is 0 Å². The van der Waals surface area contributed by atoms with Gasteiger partial charge in [-0.2, -0.15) is 5.41 Å². The lowest BCUT2D eigenvalue weighted by atomic mass is 10.9. The Balaban J connectivity index is 2.58. The van der Waals surface area contributed by atoms with Crippen LogP contribution in [0, 0.1) is 6.20 Å². The summed E-state index contributed by atoms with van der Waals surface area (Å²) in [7, 11) is 1.09. The van der Waals surface area contributed by atoms with E-state index in [9.17, 15) is 4.21 Å². The van der Waals surface area contributed by atoms with Crippen LogP contribution in [-0.4, -0.2) is 22.0 Å². The number of hydrogen-bond acceptors (Lipinski definition) is 2. The van der Waals surface area contributed by atoms with Crippen LogP contribution < -0.4 is 0 Å².